The first-order valence-electron chi connectivity index (χ1n) is 8.61. The van der Waals surface area contributed by atoms with Gasteiger partial charge in [-0.15, -0.1) is 0 Å². The minimum absolute atomic E-state index is 0.285. The minimum atomic E-state index is 0.285. The Morgan fingerprint density at radius 2 is 1.57 bits per heavy atom. The Bertz CT molecular complexity index is 362. The summed E-state index contributed by atoms with van der Waals surface area (Å²) in [5.41, 5.74) is 0.570. The van der Waals surface area contributed by atoms with Gasteiger partial charge in [0.2, 0.25) is 0 Å². The third-order valence-corrected chi connectivity index (χ3v) is 5.33. The quantitative estimate of drug-likeness (QED) is 0.685. The van der Waals surface area contributed by atoms with Crippen LogP contribution in [0, 0.1) is 5.92 Å². The van der Waals surface area contributed by atoms with E-state index in [9.17, 15) is 0 Å². The Balaban J connectivity index is 1.87. The molecule has 1 heterocycles. The maximum Gasteiger partial charge on any atom is 0.166 e. The minimum Gasteiger partial charge on any atom is -0.360 e. The van der Waals surface area contributed by atoms with Crippen molar-refractivity contribution < 1.29 is 5.32 Å². The fourth-order valence-electron chi connectivity index (χ4n) is 4.55. The molecule has 1 aliphatic heterocycles. The van der Waals surface area contributed by atoms with Gasteiger partial charge in [-0.1, -0.05) is 19.8 Å². The molecule has 2 rings (SSSR count). The largest absolute Gasteiger partial charge is 0.360 e. The average Bonchev–Trinajstić information content (AvgIpc) is 2.27. The van der Waals surface area contributed by atoms with Crippen LogP contribution >= 0.6 is 12.2 Å². The van der Waals surface area contributed by atoms with Crippen LogP contribution in [0.4, 0.5) is 0 Å². The van der Waals surface area contributed by atoms with Crippen molar-refractivity contribution in [3.05, 3.63) is 0 Å². The molecule has 0 spiro atoms. The van der Waals surface area contributed by atoms with Crippen LogP contribution in [0.1, 0.15) is 73.1 Å². The highest BCUT2D eigenvalue weighted by Crippen LogP contribution is 2.24. The van der Waals surface area contributed by atoms with E-state index in [2.05, 4.69) is 50.6 Å². The molecule has 0 aromatic carbocycles. The lowest BCUT2D eigenvalue weighted by Gasteiger charge is -2.43. The third-order valence-electron chi connectivity index (χ3n) is 5.09. The molecule has 1 saturated carbocycles. The van der Waals surface area contributed by atoms with Crippen molar-refractivity contribution in [3.8, 4) is 0 Å². The van der Waals surface area contributed by atoms with E-state index < -0.39 is 0 Å². The molecule has 122 valence electrons. The lowest BCUT2D eigenvalue weighted by molar-refractivity contribution is -0.787. The molecule has 0 amide bonds. The number of hydrogen-bond acceptors (Lipinski definition) is 1. The van der Waals surface area contributed by atoms with Crippen LogP contribution in [0.5, 0.6) is 0 Å². The molecular formula is C17H34N3S+. The number of piperidine rings is 1. The first-order chi connectivity index (χ1) is 9.67. The van der Waals surface area contributed by atoms with Crippen molar-refractivity contribution in [1.82, 2.24) is 10.6 Å². The van der Waals surface area contributed by atoms with Crippen LogP contribution in [0.25, 0.3) is 0 Å². The van der Waals surface area contributed by atoms with Gasteiger partial charge in [0, 0.05) is 24.9 Å². The summed E-state index contributed by atoms with van der Waals surface area (Å²) in [6, 6.07) is 1.05. The van der Waals surface area contributed by atoms with Gasteiger partial charge in [0.25, 0.3) is 0 Å². The highest BCUT2D eigenvalue weighted by molar-refractivity contribution is 7.80. The number of thiocarbonyl (C=S) groups is 1. The molecule has 1 aliphatic carbocycles. The summed E-state index contributed by atoms with van der Waals surface area (Å²) in [6.45, 7) is 11.7. The monoisotopic (exact) mass is 312 g/mol. The average molecular weight is 313 g/mol. The standard InChI is InChI=1S/C17H33N3S/c1-12-8-6-7-9-14(12)19-15(21)18-13-10-16(2,3)20-17(4,5)11-13/h12-14,20H,6-11H2,1-5H3,(H2,18,19,21)/p+1/t12-,14+/m0/s1. The Morgan fingerprint density at radius 3 is 2.14 bits per heavy atom. The number of rotatable bonds is 2. The maximum atomic E-state index is 5.59. The van der Waals surface area contributed by atoms with E-state index in [-0.39, 0.29) is 11.1 Å². The van der Waals surface area contributed by atoms with Crippen molar-refractivity contribution in [3.63, 3.8) is 0 Å². The molecule has 2 atom stereocenters. The van der Waals surface area contributed by atoms with Crippen molar-refractivity contribution >= 4 is 17.3 Å². The van der Waals surface area contributed by atoms with Crippen LogP contribution in [-0.4, -0.2) is 28.3 Å². The molecule has 0 bridgehead atoms. The van der Waals surface area contributed by atoms with Crippen molar-refractivity contribution in [2.24, 2.45) is 5.92 Å². The van der Waals surface area contributed by atoms with Gasteiger partial charge >= 0.3 is 0 Å². The van der Waals surface area contributed by atoms with Crippen LogP contribution < -0.4 is 16.0 Å². The van der Waals surface area contributed by atoms with Gasteiger partial charge in [-0.3, -0.25) is 0 Å². The van der Waals surface area contributed by atoms with E-state index in [1.54, 1.807) is 0 Å². The fourth-order valence-corrected chi connectivity index (χ4v) is 4.86. The second kappa shape index (κ2) is 6.41. The van der Waals surface area contributed by atoms with Gasteiger partial charge in [0.1, 0.15) is 0 Å². The fraction of sp³-hybridized carbons (Fsp3) is 0.941. The van der Waals surface area contributed by atoms with Crippen LogP contribution in [0.2, 0.25) is 0 Å². The second-order valence-corrected chi connectivity index (χ2v) is 9.12. The molecule has 1 saturated heterocycles. The van der Waals surface area contributed by atoms with E-state index in [1.807, 2.05) is 0 Å². The topological polar surface area (TPSA) is 40.7 Å². The highest BCUT2D eigenvalue weighted by atomic mass is 32.1. The van der Waals surface area contributed by atoms with Crippen molar-refractivity contribution in [1.29, 1.82) is 0 Å². The second-order valence-electron chi connectivity index (χ2n) is 8.71. The molecule has 4 heteroatoms. The van der Waals surface area contributed by atoms with Crippen molar-refractivity contribution in [2.45, 2.75) is 96.3 Å². The van der Waals surface area contributed by atoms with Crippen molar-refractivity contribution in [2.75, 3.05) is 0 Å². The smallest absolute Gasteiger partial charge is 0.166 e. The predicted octanol–water partition coefficient (Wildman–Crippen LogP) is 2.31. The maximum absolute atomic E-state index is 5.59. The summed E-state index contributed by atoms with van der Waals surface area (Å²) in [5.74, 6) is 0.742. The first kappa shape index (κ1) is 17.0. The van der Waals surface area contributed by atoms with E-state index in [1.165, 1.54) is 38.5 Å². The Labute approximate surface area is 136 Å². The number of quaternary nitrogens is 1. The molecule has 0 radical (unpaired) electrons. The Kier molecular flexibility index (Phi) is 5.19. The molecule has 0 aromatic heterocycles. The zero-order valence-electron chi connectivity index (χ0n) is 14.5. The number of nitrogens with two attached hydrogens (primary N) is 1. The van der Waals surface area contributed by atoms with Gasteiger partial charge in [-0.05, 0) is 58.7 Å². The van der Waals surface area contributed by atoms with Crippen LogP contribution in [0.15, 0.2) is 0 Å². The van der Waals surface area contributed by atoms with Gasteiger partial charge < -0.3 is 16.0 Å². The zero-order chi connectivity index (χ0) is 15.7. The molecular weight excluding hydrogens is 278 g/mol. The van der Waals surface area contributed by atoms with Crippen LogP contribution in [0.3, 0.4) is 0 Å². The summed E-state index contributed by atoms with van der Waals surface area (Å²) in [6.07, 6.45) is 7.64. The highest BCUT2D eigenvalue weighted by Gasteiger charge is 2.41. The van der Waals surface area contributed by atoms with E-state index in [0.29, 0.717) is 12.1 Å². The molecule has 4 N–H and O–H groups in total. The predicted molar refractivity (Wildman–Crippen MR) is 93.4 cm³/mol. The summed E-state index contributed by atoms with van der Waals surface area (Å²) in [5, 5.41) is 10.6. The van der Waals surface area contributed by atoms with Gasteiger partial charge in [-0.25, -0.2) is 0 Å². The lowest BCUT2D eigenvalue weighted by atomic mass is 9.79. The molecule has 3 nitrogen and oxygen atoms in total. The van der Waals surface area contributed by atoms with Gasteiger partial charge in [-0.2, -0.15) is 0 Å². The first-order valence-corrected chi connectivity index (χ1v) is 9.02. The van der Waals surface area contributed by atoms with Crippen LogP contribution in [-0.2, 0) is 0 Å². The SMILES string of the molecule is C[C@H]1CCCC[C@H]1NC(=S)NC1CC(C)(C)[NH2+]C(C)(C)C1. The van der Waals surface area contributed by atoms with E-state index in [4.69, 9.17) is 12.2 Å². The third kappa shape index (κ3) is 5.10. The Hall–Kier alpha value is -0.350. The summed E-state index contributed by atoms with van der Waals surface area (Å²) in [4.78, 5) is 0. The summed E-state index contributed by atoms with van der Waals surface area (Å²) in [7, 11) is 0. The lowest BCUT2D eigenvalue weighted by Crippen LogP contribution is -3.06. The molecule has 0 unspecified atom stereocenters. The number of hydrogen-bond donors (Lipinski definition) is 3. The normalized spacial score (nSPS) is 32.4. The van der Waals surface area contributed by atoms with E-state index in [0.717, 1.165) is 11.0 Å². The molecule has 21 heavy (non-hydrogen) atoms. The van der Waals surface area contributed by atoms with Gasteiger partial charge in [0.15, 0.2) is 5.11 Å². The van der Waals surface area contributed by atoms with E-state index >= 15 is 0 Å². The number of nitrogens with one attached hydrogen (secondary N) is 2. The molecule has 2 fully saturated rings. The molecule has 0 aromatic rings. The Morgan fingerprint density at radius 1 is 1.00 bits per heavy atom. The zero-order valence-corrected chi connectivity index (χ0v) is 15.3. The summed E-state index contributed by atoms with van der Waals surface area (Å²) >= 11 is 5.59. The van der Waals surface area contributed by atoms with Gasteiger partial charge in [0.05, 0.1) is 11.1 Å². The summed E-state index contributed by atoms with van der Waals surface area (Å²) < 4.78 is 0. The molecule has 2 aliphatic rings.